The van der Waals surface area contributed by atoms with E-state index in [0.29, 0.717) is 0 Å². The van der Waals surface area contributed by atoms with Crippen molar-refractivity contribution in [2.24, 2.45) is 11.8 Å². The Hall–Kier alpha value is -0.960. The van der Waals surface area contributed by atoms with Gasteiger partial charge < -0.3 is 4.90 Å². The van der Waals surface area contributed by atoms with E-state index >= 15 is 0 Å². The highest BCUT2D eigenvalue weighted by molar-refractivity contribution is 7.80. The Bertz CT molecular complexity index is 456. The number of carbonyl (C=O) groups excluding carboxylic acids is 1. The van der Waals surface area contributed by atoms with E-state index in [1.807, 2.05) is 24.3 Å². The summed E-state index contributed by atoms with van der Waals surface area (Å²) in [5.74, 6) is 1.81. The highest BCUT2D eigenvalue weighted by Gasteiger charge is 2.33. The molecule has 1 aliphatic heterocycles. The first-order valence-electron chi connectivity index (χ1n) is 7.32. The van der Waals surface area contributed by atoms with Gasteiger partial charge in [-0.15, -0.1) is 12.6 Å². The zero-order valence-electron chi connectivity index (χ0n) is 11.2. The predicted molar refractivity (Wildman–Crippen MR) is 79.7 cm³/mol. The lowest BCUT2D eigenvalue weighted by molar-refractivity contribution is 0.0521. The molecule has 0 bridgehead atoms. The van der Waals surface area contributed by atoms with Crippen LogP contribution in [-0.4, -0.2) is 23.9 Å². The van der Waals surface area contributed by atoms with E-state index in [-0.39, 0.29) is 5.91 Å². The van der Waals surface area contributed by atoms with E-state index in [1.165, 1.54) is 32.1 Å². The zero-order valence-corrected chi connectivity index (χ0v) is 12.1. The molecule has 1 aromatic rings. The van der Waals surface area contributed by atoms with E-state index in [9.17, 15) is 4.79 Å². The molecule has 1 saturated heterocycles. The predicted octanol–water partition coefficient (Wildman–Crippen LogP) is 3.63. The number of likely N-dealkylation sites (tertiary alicyclic amines) is 1. The molecule has 102 valence electrons. The molecule has 3 rings (SSSR count). The number of piperidine rings is 1. The molecule has 0 spiro atoms. The third-order valence-electron chi connectivity index (χ3n) is 4.69. The zero-order chi connectivity index (χ0) is 13.2. The minimum absolute atomic E-state index is 0.192. The van der Waals surface area contributed by atoms with Crippen LogP contribution in [0.5, 0.6) is 0 Å². The molecular formula is C16H21NOS. The first kappa shape index (κ1) is 13.0. The molecule has 1 saturated carbocycles. The fourth-order valence-corrected chi connectivity index (χ4v) is 3.72. The molecule has 1 heterocycles. The molecule has 1 aromatic carbocycles. The number of hydrogen-bond acceptors (Lipinski definition) is 2. The van der Waals surface area contributed by atoms with Crippen molar-refractivity contribution in [1.29, 1.82) is 0 Å². The second-order valence-electron chi connectivity index (χ2n) is 5.89. The number of rotatable bonds is 1. The lowest BCUT2D eigenvalue weighted by atomic mass is 9.75. The van der Waals surface area contributed by atoms with Crippen molar-refractivity contribution in [2.75, 3.05) is 13.1 Å². The maximum Gasteiger partial charge on any atom is 0.253 e. The first-order chi connectivity index (χ1) is 9.24. The number of amides is 1. The van der Waals surface area contributed by atoms with Crippen molar-refractivity contribution in [3.63, 3.8) is 0 Å². The summed E-state index contributed by atoms with van der Waals surface area (Å²) in [7, 11) is 0. The molecule has 2 atom stereocenters. The summed E-state index contributed by atoms with van der Waals surface area (Å²) in [5.41, 5.74) is 0.798. The summed E-state index contributed by atoms with van der Waals surface area (Å²) < 4.78 is 0. The minimum Gasteiger partial charge on any atom is -0.338 e. The normalized spacial score (nSPS) is 26.9. The molecule has 3 heteroatoms. The van der Waals surface area contributed by atoms with Gasteiger partial charge in [0.05, 0.1) is 0 Å². The van der Waals surface area contributed by atoms with Crippen LogP contribution < -0.4 is 0 Å². The van der Waals surface area contributed by atoms with Crippen LogP contribution in [0.1, 0.15) is 42.5 Å². The minimum atomic E-state index is 0.192. The second kappa shape index (κ2) is 5.58. The van der Waals surface area contributed by atoms with Crippen molar-refractivity contribution < 1.29 is 4.79 Å². The number of hydrogen-bond donors (Lipinski definition) is 1. The molecule has 1 amide bonds. The maximum atomic E-state index is 12.5. The van der Waals surface area contributed by atoms with Crippen LogP contribution in [0, 0.1) is 11.8 Å². The van der Waals surface area contributed by atoms with Gasteiger partial charge in [0.2, 0.25) is 0 Å². The number of carbonyl (C=O) groups is 1. The fraction of sp³-hybridized carbons (Fsp3) is 0.562. The van der Waals surface area contributed by atoms with Crippen molar-refractivity contribution in [3.05, 3.63) is 29.8 Å². The lowest BCUT2D eigenvalue weighted by Gasteiger charge is -2.41. The highest BCUT2D eigenvalue weighted by atomic mass is 32.1. The van der Waals surface area contributed by atoms with Crippen LogP contribution in [-0.2, 0) is 0 Å². The first-order valence-corrected chi connectivity index (χ1v) is 7.77. The van der Waals surface area contributed by atoms with Gasteiger partial charge in [0.15, 0.2) is 0 Å². The van der Waals surface area contributed by atoms with Gasteiger partial charge >= 0.3 is 0 Å². The number of nitrogens with zero attached hydrogens (tertiary/aromatic N) is 1. The summed E-state index contributed by atoms with van der Waals surface area (Å²) in [6, 6.07) is 7.56. The summed E-state index contributed by atoms with van der Waals surface area (Å²) in [6.07, 6.45) is 6.61. The Morgan fingerprint density at radius 3 is 2.47 bits per heavy atom. The molecule has 19 heavy (non-hydrogen) atoms. The Morgan fingerprint density at radius 1 is 1.05 bits per heavy atom. The molecular weight excluding hydrogens is 254 g/mol. The Morgan fingerprint density at radius 2 is 1.74 bits per heavy atom. The van der Waals surface area contributed by atoms with Crippen LogP contribution >= 0.6 is 12.6 Å². The molecule has 2 aliphatic rings. The van der Waals surface area contributed by atoms with Gasteiger partial charge in [-0.1, -0.05) is 19.3 Å². The van der Waals surface area contributed by atoms with E-state index in [1.54, 1.807) is 0 Å². The molecule has 0 radical (unpaired) electrons. The number of thiol groups is 1. The van der Waals surface area contributed by atoms with Gasteiger partial charge in [-0.3, -0.25) is 4.79 Å². The topological polar surface area (TPSA) is 20.3 Å². The Labute approximate surface area is 120 Å². The van der Waals surface area contributed by atoms with Gasteiger partial charge in [-0.25, -0.2) is 0 Å². The Kier molecular flexibility index (Phi) is 3.83. The van der Waals surface area contributed by atoms with Crippen molar-refractivity contribution in [2.45, 2.75) is 37.0 Å². The largest absolute Gasteiger partial charge is 0.338 e. The third-order valence-corrected chi connectivity index (χ3v) is 4.99. The molecule has 0 aromatic heterocycles. The average Bonchev–Trinajstić information content (AvgIpc) is 2.47. The summed E-state index contributed by atoms with van der Waals surface area (Å²) in [6.45, 7) is 1.90. The SMILES string of the molecule is O=C(c1ccc(S)cc1)N1CCC2CCCCC2C1. The van der Waals surface area contributed by atoms with Gasteiger partial charge in [0.25, 0.3) is 5.91 Å². The van der Waals surface area contributed by atoms with Crippen LogP contribution in [0.25, 0.3) is 0 Å². The molecule has 2 unspecified atom stereocenters. The van der Waals surface area contributed by atoms with Crippen LogP contribution in [0.4, 0.5) is 0 Å². The highest BCUT2D eigenvalue weighted by Crippen LogP contribution is 2.36. The maximum absolute atomic E-state index is 12.5. The van der Waals surface area contributed by atoms with Gasteiger partial charge in [0.1, 0.15) is 0 Å². The van der Waals surface area contributed by atoms with Gasteiger partial charge in [-0.2, -0.15) is 0 Å². The summed E-state index contributed by atoms with van der Waals surface area (Å²) in [4.78, 5) is 15.4. The fourth-order valence-electron chi connectivity index (χ4n) is 3.57. The molecule has 2 nitrogen and oxygen atoms in total. The van der Waals surface area contributed by atoms with E-state index in [4.69, 9.17) is 0 Å². The van der Waals surface area contributed by atoms with E-state index in [2.05, 4.69) is 17.5 Å². The molecule has 2 fully saturated rings. The Balaban J connectivity index is 1.69. The van der Waals surface area contributed by atoms with Gasteiger partial charge in [-0.05, 0) is 48.9 Å². The number of fused-ring (bicyclic) bond motifs is 1. The summed E-state index contributed by atoms with van der Waals surface area (Å²) in [5, 5.41) is 0. The monoisotopic (exact) mass is 275 g/mol. The van der Waals surface area contributed by atoms with Crippen LogP contribution in [0.3, 0.4) is 0 Å². The quantitative estimate of drug-likeness (QED) is 0.776. The second-order valence-corrected chi connectivity index (χ2v) is 6.41. The van der Waals surface area contributed by atoms with E-state index in [0.717, 1.165) is 35.4 Å². The van der Waals surface area contributed by atoms with Crippen LogP contribution in [0.15, 0.2) is 29.2 Å². The average molecular weight is 275 g/mol. The lowest BCUT2D eigenvalue weighted by Crippen LogP contribution is -2.44. The standard InChI is InChI=1S/C16H21NOS/c18-16(13-5-7-15(19)8-6-13)17-10-9-12-3-1-2-4-14(12)11-17/h5-8,12,14,19H,1-4,9-11H2. The van der Waals surface area contributed by atoms with Crippen molar-refractivity contribution >= 4 is 18.5 Å². The molecule has 0 N–H and O–H groups in total. The smallest absolute Gasteiger partial charge is 0.253 e. The van der Waals surface area contributed by atoms with Crippen molar-refractivity contribution in [1.82, 2.24) is 4.90 Å². The number of benzene rings is 1. The van der Waals surface area contributed by atoms with Gasteiger partial charge in [0, 0.05) is 23.5 Å². The van der Waals surface area contributed by atoms with Crippen LogP contribution in [0.2, 0.25) is 0 Å². The molecule has 1 aliphatic carbocycles. The van der Waals surface area contributed by atoms with E-state index < -0.39 is 0 Å². The summed E-state index contributed by atoms with van der Waals surface area (Å²) >= 11 is 4.26. The van der Waals surface area contributed by atoms with Crippen molar-refractivity contribution in [3.8, 4) is 0 Å². The third kappa shape index (κ3) is 2.81.